The zero-order valence-electron chi connectivity index (χ0n) is 13.5. The van der Waals surface area contributed by atoms with Crippen LogP contribution in [0.2, 0.25) is 0 Å². The van der Waals surface area contributed by atoms with Crippen LogP contribution < -0.4 is 10.1 Å². The van der Waals surface area contributed by atoms with Gasteiger partial charge < -0.3 is 10.1 Å². The van der Waals surface area contributed by atoms with Crippen LogP contribution in [0.5, 0.6) is 5.75 Å². The van der Waals surface area contributed by atoms with Crippen LogP contribution in [-0.2, 0) is 4.79 Å². The van der Waals surface area contributed by atoms with E-state index < -0.39 is 0 Å². The molecule has 0 bridgehead atoms. The lowest BCUT2D eigenvalue weighted by atomic mass is 10.2. The average molecular weight is 576 g/mol. The minimum absolute atomic E-state index is 0.145. The standard InChI is InChI=1S/C18H14I2N2O2S/c1-10-5-3-4-6-14(10)21-18-22-17(23)15(25-18)8-11-7-12(19)9-13(20)16(11)24-2/h3-9H,1-2H3,(H,21,22,23)/b15-8-. The number of hydrogen-bond acceptors (Lipinski definition) is 4. The quantitative estimate of drug-likeness (QED) is 0.409. The first-order valence-electron chi connectivity index (χ1n) is 7.36. The summed E-state index contributed by atoms with van der Waals surface area (Å²) in [4.78, 5) is 17.5. The fourth-order valence-corrected chi connectivity index (χ4v) is 5.26. The molecule has 4 nitrogen and oxygen atoms in total. The highest BCUT2D eigenvalue weighted by atomic mass is 127. The first-order valence-corrected chi connectivity index (χ1v) is 10.3. The number of para-hydroxylation sites is 1. The molecule has 25 heavy (non-hydrogen) atoms. The molecule has 2 aromatic carbocycles. The first kappa shape index (κ1) is 18.7. The SMILES string of the molecule is COc1c(I)cc(I)cc1/C=C1\SC(=Nc2ccccc2C)NC1=O. The summed E-state index contributed by atoms with van der Waals surface area (Å²) >= 11 is 5.83. The second kappa shape index (κ2) is 8.09. The molecule has 3 rings (SSSR count). The Bertz CT molecular complexity index is 910. The molecule has 0 atom stereocenters. The van der Waals surface area contributed by atoms with Gasteiger partial charge in [0.1, 0.15) is 5.75 Å². The number of amidine groups is 1. The zero-order valence-corrected chi connectivity index (χ0v) is 18.6. The highest BCUT2D eigenvalue weighted by Crippen LogP contribution is 2.34. The monoisotopic (exact) mass is 576 g/mol. The lowest BCUT2D eigenvalue weighted by Crippen LogP contribution is -2.19. The molecule has 1 heterocycles. The number of amides is 1. The number of aliphatic imine (C=N–C) groups is 1. The lowest BCUT2D eigenvalue weighted by molar-refractivity contribution is -0.115. The normalized spacial score (nSPS) is 17.2. The third kappa shape index (κ3) is 4.37. The summed E-state index contributed by atoms with van der Waals surface area (Å²) in [6, 6.07) is 11.9. The molecule has 1 fully saturated rings. The predicted octanol–water partition coefficient (Wildman–Crippen LogP) is 5.10. The minimum atomic E-state index is -0.145. The number of rotatable bonds is 3. The summed E-state index contributed by atoms with van der Waals surface area (Å²) in [7, 11) is 1.64. The molecule has 0 spiro atoms. The van der Waals surface area contributed by atoms with Crippen molar-refractivity contribution in [3.05, 3.63) is 59.6 Å². The van der Waals surface area contributed by atoms with Crippen molar-refractivity contribution in [1.82, 2.24) is 5.32 Å². The number of carbonyl (C=O) groups excluding carboxylic acids is 1. The number of thioether (sulfide) groups is 1. The van der Waals surface area contributed by atoms with E-state index in [1.54, 1.807) is 7.11 Å². The van der Waals surface area contributed by atoms with Gasteiger partial charge in [-0.05, 0) is 93.7 Å². The Hall–Kier alpha value is -1.07. The molecule has 2 aromatic rings. The largest absolute Gasteiger partial charge is 0.495 e. The number of hydrogen-bond donors (Lipinski definition) is 1. The van der Waals surface area contributed by atoms with Crippen LogP contribution in [0.3, 0.4) is 0 Å². The average Bonchev–Trinajstić information content (AvgIpc) is 2.89. The lowest BCUT2D eigenvalue weighted by Gasteiger charge is -2.08. The third-order valence-electron chi connectivity index (χ3n) is 3.52. The topological polar surface area (TPSA) is 50.7 Å². The van der Waals surface area contributed by atoms with Crippen LogP contribution in [0, 0.1) is 14.1 Å². The van der Waals surface area contributed by atoms with Crippen molar-refractivity contribution in [3.8, 4) is 5.75 Å². The molecule has 0 unspecified atom stereocenters. The van der Waals surface area contributed by atoms with Gasteiger partial charge in [-0.15, -0.1) is 0 Å². The minimum Gasteiger partial charge on any atom is -0.495 e. The summed E-state index contributed by atoms with van der Waals surface area (Å²) in [6.07, 6.45) is 1.85. The number of aryl methyl sites for hydroxylation is 1. The van der Waals surface area contributed by atoms with Crippen molar-refractivity contribution in [3.63, 3.8) is 0 Å². The first-order chi connectivity index (χ1) is 12.0. The van der Waals surface area contributed by atoms with Gasteiger partial charge in [-0.3, -0.25) is 4.79 Å². The van der Waals surface area contributed by atoms with E-state index in [1.165, 1.54) is 11.8 Å². The Morgan fingerprint density at radius 1 is 1.24 bits per heavy atom. The van der Waals surface area contributed by atoms with E-state index in [9.17, 15) is 4.79 Å². The Kier molecular flexibility index (Phi) is 6.05. The van der Waals surface area contributed by atoms with Gasteiger partial charge in [-0.1, -0.05) is 18.2 Å². The van der Waals surface area contributed by atoms with Crippen LogP contribution in [-0.4, -0.2) is 18.2 Å². The Labute approximate surface area is 177 Å². The molecule has 1 N–H and O–H groups in total. The van der Waals surface area contributed by atoms with Gasteiger partial charge in [-0.2, -0.15) is 0 Å². The van der Waals surface area contributed by atoms with E-state index in [1.807, 2.05) is 49.4 Å². The number of methoxy groups -OCH3 is 1. The molecule has 1 amide bonds. The fraction of sp³-hybridized carbons (Fsp3) is 0.111. The maximum Gasteiger partial charge on any atom is 0.264 e. The molecule has 0 radical (unpaired) electrons. The molecule has 0 saturated carbocycles. The number of nitrogens with zero attached hydrogens (tertiary/aromatic N) is 1. The zero-order chi connectivity index (χ0) is 18.0. The smallest absolute Gasteiger partial charge is 0.264 e. The third-order valence-corrected chi connectivity index (χ3v) is 5.85. The molecule has 1 aliphatic rings. The number of ether oxygens (including phenoxy) is 1. The van der Waals surface area contributed by atoms with Crippen molar-refractivity contribution < 1.29 is 9.53 Å². The van der Waals surface area contributed by atoms with Crippen molar-refractivity contribution in [2.24, 2.45) is 4.99 Å². The van der Waals surface area contributed by atoms with Gasteiger partial charge in [0.15, 0.2) is 5.17 Å². The fourth-order valence-electron chi connectivity index (χ4n) is 2.32. The number of halogens is 2. The van der Waals surface area contributed by atoms with Crippen molar-refractivity contribution in [2.75, 3.05) is 7.11 Å². The summed E-state index contributed by atoms with van der Waals surface area (Å²) < 4.78 is 7.59. The van der Waals surface area contributed by atoms with Crippen LogP contribution in [0.15, 0.2) is 46.3 Å². The Morgan fingerprint density at radius 2 is 2.00 bits per heavy atom. The maximum absolute atomic E-state index is 12.3. The second-order valence-corrected chi connectivity index (χ2v) is 8.72. The molecule has 1 saturated heterocycles. The molecule has 7 heteroatoms. The molecule has 128 valence electrons. The van der Waals surface area contributed by atoms with Crippen molar-refractivity contribution in [1.29, 1.82) is 0 Å². The van der Waals surface area contributed by atoms with Crippen LogP contribution in [0.1, 0.15) is 11.1 Å². The van der Waals surface area contributed by atoms with Crippen LogP contribution >= 0.6 is 56.9 Å². The summed E-state index contributed by atoms with van der Waals surface area (Å²) in [5.41, 5.74) is 2.80. The van der Waals surface area contributed by atoms with Crippen molar-refractivity contribution >= 4 is 79.8 Å². The van der Waals surface area contributed by atoms with E-state index >= 15 is 0 Å². The van der Waals surface area contributed by atoms with Gasteiger partial charge in [0, 0.05) is 9.13 Å². The van der Waals surface area contributed by atoms with Gasteiger partial charge >= 0.3 is 0 Å². The summed E-state index contributed by atoms with van der Waals surface area (Å²) in [6.45, 7) is 2.00. The van der Waals surface area contributed by atoms with Crippen LogP contribution in [0.4, 0.5) is 5.69 Å². The van der Waals surface area contributed by atoms with E-state index in [0.717, 1.165) is 29.7 Å². The van der Waals surface area contributed by atoms with Crippen molar-refractivity contribution in [2.45, 2.75) is 6.92 Å². The van der Waals surface area contributed by atoms with Gasteiger partial charge in [0.25, 0.3) is 5.91 Å². The summed E-state index contributed by atoms with van der Waals surface area (Å²) in [5.74, 6) is 0.625. The van der Waals surface area contributed by atoms with E-state index in [2.05, 4.69) is 55.5 Å². The van der Waals surface area contributed by atoms with Gasteiger partial charge in [0.05, 0.1) is 21.3 Å². The second-order valence-electron chi connectivity index (χ2n) is 5.28. The predicted molar refractivity (Wildman–Crippen MR) is 120 cm³/mol. The molecular weight excluding hydrogens is 562 g/mol. The summed E-state index contributed by atoms with van der Waals surface area (Å²) in [5, 5.41) is 3.42. The number of carbonyl (C=O) groups is 1. The molecule has 0 aliphatic carbocycles. The van der Waals surface area contributed by atoms with E-state index in [4.69, 9.17) is 4.74 Å². The number of nitrogens with one attached hydrogen (secondary N) is 1. The molecule has 0 aromatic heterocycles. The van der Waals surface area contributed by atoms with Crippen LogP contribution in [0.25, 0.3) is 6.08 Å². The highest BCUT2D eigenvalue weighted by Gasteiger charge is 2.24. The van der Waals surface area contributed by atoms with Gasteiger partial charge in [0.2, 0.25) is 0 Å². The maximum atomic E-state index is 12.3. The van der Waals surface area contributed by atoms with Gasteiger partial charge in [-0.25, -0.2) is 4.99 Å². The Morgan fingerprint density at radius 3 is 2.72 bits per heavy atom. The molecular formula is C18H14I2N2O2S. The highest BCUT2D eigenvalue weighted by molar-refractivity contribution is 14.1. The van der Waals surface area contributed by atoms with E-state index in [-0.39, 0.29) is 5.91 Å². The number of benzene rings is 2. The van der Waals surface area contributed by atoms with E-state index in [0.29, 0.717) is 10.1 Å². The molecule has 1 aliphatic heterocycles. The Balaban J connectivity index is 1.94.